The van der Waals surface area contributed by atoms with Crippen LogP contribution < -0.4 is 5.32 Å². The molecule has 0 aliphatic rings. The average Bonchev–Trinajstić information content (AvgIpc) is 2.90. The van der Waals surface area contributed by atoms with Gasteiger partial charge in [0.05, 0.1) is 17.4 Å². The summed E-state index contributed by atoms with van der Waals surface area (Å²) in [5.41, 5.74) is 2.26. The van der Waals surface area contributed by atoms with E-state index in [1.807, 2.05) is 0 Å². The lowest BCUT2D eigenvalue weighted by Gasteiger charge is -2.13. The monoisotopic (exact) mass is 403 g/mol. The normalized spacial score (nSPS) is 10.7. The van der Waals surface area contributed by atoms with Crippen molar-refractivity contribution in [2.75, 3.05) is 19.4 Å². The number of nitrogens with zero attached hydrogens (tertiary/aromatic N) is 1. The van der Waals surface area contributed by atoms with Gasteiger partial charge in [0.2, 0.25) is 0 Å². The lowest BCUT2D eigenvalue weighted by molar-refractivity contribution is 0.0376. The van der Waals surface area contributed by atoms with E-state index in [9.17, 15) is 14.4 Å². The molecule has 28 heavy (non-hydrogen) atoms. The van der Waals surface area contributed by atoms with Crippen molar-refractivity contribution in [1.82, 2.24) is 9.88 Å². The minimum Gasteiger partial charge on any atom is -0.459 e. The Bertz CT molecular complexity index is 903. The van der Waals surface area contributed by atoms with Gasteiger partial charge >= 0.3 is 5.97 Å². The molecule has 2 N–H and O–H groups in total. The SMILES string of the molecule is Cc1[nH]c(C(=O)Nc2ccccc2SC(=O)N(C)C)c(C)c1C(=O)OC(C)C. The number of aromatic nitrogens is 1. The summed E-state index contributed by atoms with van der Waals surface area (Å²) in [7, 11) is 3.33. The van der Waals surface area contributed by atoms with Crippen molar-refractivity contribution in [2.24, 2.45) is 0 Å². The Labute approximate surface area is 168 Å². The number of carbonyl (C=O) groups is 3. The van der Waals surface area contributed by atoms with Crippen LogP contribution in [0, 0.1) is 13.8 Å². The lowest BCUT2D eigenvalue weighted by Crippen LogP contribution is -2.18. The zero-order valence-corrected chi connectivity index (χ0v) is 17.7. The molecule has 0 atom stereocenters. The number of esters is 1. The summed E-state index contributed by atoms with van der Waals surface area (Å²) in [6.45, 7) is 6.96. The van der Waals surface area contributed by atoms with Crippen molar-refractivity contribution in [2.45, 2.75) is 38.7 Å². The number of para-hydroxylation sites is 1. The second kappa shape index (κ2) is 8.97. The summed E-state index contributed by atoms with van der Waals surface area (Å²) in [5.74, 6) is -0.859. The van der Waals surface area contributed by atoms with Gasteiger partial charge < -0.3 is 19.9 Å². The number of nitrogens with one attached hydrogen (secondary N) is 2. The molecule has 2 aromatic rings. The fourth-order valence-corrected chi connectivity index (χ4v) is 3.33. The van der Waals surface area contributed by atoms with E-state index in [4.69, 9.17) is 4.74 Å². The molecular weight excluding hydrogens is 378 g/mol. The molecule has 8 heteroatoms. The first-order valence-electron chi connectivity index (χ1n) is 8.81. The van der Waals surface area contributed by atoms with Crippen LogP contribution in [0.2, 0.25) is 0 Å². The van der Waals surface area contributed by atoms with Crippen molar-refractivity contribution >= 4 is 34.6 Å². The molecule has 0 saturated carbocycles. The molecule has 150 valence electrons. The number of benzene rings is 1. The summed E-state index contributed by atoms with van der Waals surface area (Å²) >= 11 is 1.03. The van der Waals surface area contributed by atoms with Gasteiger partial charge in [-0.3, -0.25) is 9.59 Å². The summed E-state index contributed by atoms with van der Waals surface area (Å²) in [6.07, 6.45) is -0.253. The third-order valence-electron chi connectivity index (χ3n) is 3.91. The molecule has 0 radical (unpaired) electrons. The largest absolute Gasteiger partial charge is 0.459 e. The van der Waals surface area contributed by atoms with E-state index in [1.165, 1.54) is 4.90 Å². The molecule has 0 spiro atoms. The highest BCUT2D eigenvalue weighted by molar-refractivity contribution is 8.13. The van der Waals surface area contributed by atoms with E-state index in [0.29, 0.717) is 27.4 Å². The van der Waals surface area contributed by atoms with Crippen LogP contribution in [0.15, 0.2) is 29.2 Å². The van der Waals surface area contributed by atoms with Gasteiger partial charge in [-0.05, 0) is 57.2 Å². The maximum Gasteiger partial charge on any atom is 0.340 e. The maximum absolute atomic E-state index is 12.8. The van der Waals surface area contributed by atoms with E-state index in [-0.39, 0.29) is 17.0 Å². The van der Waals surface area contributed by atoms with E-state index in [0.717, 1.165) is 11.8 Å². The average molecular weight is 404 g/mol. The minimum absolute atomic E-state index is 0.146. The number of hydrogen-bond donors (Lipinski definition) is 2. The number of aromatic amines is 1. The van der Waals surface area contributed by atoms with Crippen LogP contribution in [0.1, 0.15) is 46.0 Å². The third-order valence-corrected chi connectivity index (χ3v) is 5.02. The molecule has 0 aliphatic heterocycles. The van der Waals surface area contributed by atoms with Crippen LogP contribution in [-0.2, 0) is 4.74 Å². The predicted octanol–water partition coefficient (Wildman–Crippen LogP) is 4.22. The standard InChI is InChI=1S/C20H25N3O4S/c1-11(2)27-19(25)16-12(3)17(21-13(16)4)18(24)22-14-9-7-8-10-15(14)28-20(26)23(5)6/h7-11,21H,1-6H3,(H,22,24). The Hall–Kier alpha value is -2.74. The molecule has 0 unspecified atom stereocenters. The van der Waals surface area contributed by atoms with Crippen LogP contribution in [0.3, 0.4) is 0 Å². The van der Waals surface area contributed by atoms with Crippen molar-refractivity contribution in [3.05, 3.63) is 46.8 Å². The van der Waals surface area contributed by atoms with E-state index < -0.39 is 11.9 Å². The number of anilines is 1. The number of rotatable bonds is 5. The number of thioether (sulfide) groups is 1. The first-order valence-corrected chi connectivity index (χ1v) is 9.63. The third kappa shape index (κ3) is 4.95. The lowest BCUT2D eigenvalue weighted by atomic mass is 10.1. The maximum atomic E-state index is 12.8. The highest BCUT2D eigenvalue weighted by Gasteiger charge is 2.24. The number of carbonyl (C=O) groups excluding carboxylic acids is 3. The summed E-state index contributed by atoms with van der Waals surface area (Å²) in [5, 5.41) is 2.67. The second-order valence-corrected chi connectivity index (χ2v) is 7.78. The van der Waals surface area contributed by atoms with Gasteiger partial charge in [0.1, 0.15) is 5.69 Å². The number of hydrogen-bond acceptors (Lipinski definition) is 5. The highest BCUT2D eigenvalue weighted by atomic mass is 32.2. The van der Waals surface area contributed by atoms with Crippen molar-refractivity contribution < 1.29 is 19.1 Å². The van der Waals surface area contributed by atoms with E-state index >= 15 is 0 Å². The van der Waals surface area contributed by atoms with Crippen LogP contribution in [0.5, 0.6) is 0 Å². The molecule has 0 saturated heterocycles. The smallest absolute Gasteiger partial charge is 0.340 e. The minimum atomic E-state index is -0.465. The van der Waals surface area contributed by atoms with Crippen molar-refractivity contribution in [1.29, 1.82) is 0 Å². The Morgan fingerprint density at radius 2 is 1.79 bits per heavy atom. The van der Waals surface area contributed by atoms with E-state index in [1.54, 1.807) is 66.1 Å². The summed E-state index contributed by atoms with van der Waals surface area (Å²) in [4.78, 5) is 42.2. The summed E-state index contributed by atoms with van der Waals surface area (Å²) < 4.78 is 5.26. The van der Waals surface area contributed by atoms with Crippen LogP contribution >= 0.6 is 11.8 Å². The number of amides is 2. The molecule has 7 nitrogen and oxygen atoms in total. The first kappa shape index (κ1) is 21.6. The van der Waals surface area contributed by atoms with Gasteiger partial charge in [0.25, 0.3) is 11.1 Å². The molecular formula is C20H25N3O4S. The Balaban J connectivity index is 2.27. The van der Waals surface area contributed by atoms with Crippen LogP contribution in [0.4, 0.5) is 10.5 Å². The Morgan fingerprint density at radius 3 is 2.39 bits per heavy atom. The van der Waals surface area contributed by atoms with Gasteiger partial charge in [-0.15, -0.1) is 0 Å². The Kier molecular flexibility index (Phi) is 6.90. The molecule has 1 aromatic carbocycles. The van der Waals surface area contributed by atoms with Gasteiger partial charge in [-0.2, -0.15) is 0 Å². The van der Waals surface area contributed by atoms with Crippen molar-refractivity contribution in [3.8, 4) is 0 Å². The number of ether oxygens (including phenoxy) is 1. The molecule has 2 amide bonds. The van der Waals surface area contributed by atoms with Crippen molar-refractivity contribution in [3.63, 3.8) is 0 Å². The fraction of sp³-hybridized carbons (Fsp3) is 0.350. The Morgan fingerprint density at radius 1 is 1.14 bits per heavy atom. The quantitative estimate of drug-likeness (QED) is 0.576. The zero-order chi connectivity index (χ0) is 21.0. The van der Waals surface area contributed by atoms with Gasteiger partial charge in [-0.25, -0.2) is 4.79 Å². The summed E-state index contributed by atoms with van der Waals surface area (Å²) in [6, 6.07) is 7.06. The van der Waals surface area contributed by atoms with Gasteiger partial charge in [-0.1, -0.05) is 12.1 Å². The van der Waals surface area contributed by atoms with Gasteiger partial charge in [0.15, 0.2) is 0 Å². The molecule has 2 rings (SSSR count). The van der Waals surface area contributed by atoms with Crippen LogP contribution in [-0.4, -0.2) is 47.2 Å². The molecule has 1 heterocycles. The molecule has 0 fully saturated rings. The zero-order valence-electron chi connectivity index (χ0n) is 16.9. The fourth-order valence-electron chi connectivity index (χ4n) is 2.59. The predicted molar refractivity (Wildman–Crippen MR) is 110 cm³/mol. The number of aryl methyl sites for hydroxylation is 1. The highest BCUT2D eigenvalue weighted by Crippen LogP contribution is 2.29. The van der Waals surface area contributed by atoms with Gasteiger partial charge in [0, 0.05) is 24.7 Å². The van der Waals surface area contributed by atoms with Crippen LogP contribution in [0.25, 0.3) is 0 Å². The first-order chi connectivity index (χ1) is 13.1. The molecule has 1 aromatic heterocycles. The van der Waals surface area contributed by atoms with E-state index in [2.05, 4.69) is 10.3 Å². The molecule has 0 bridgehead atoms. The molecule has 0 aliphatic carbocycles. The topological polar surface area (TPSA) is 91.5 Å². The second-order valence-electron chi connectivity index (χ2n) is 6.79. The number of H-pyrrole nitrogens is 1.